The average Bonchev–Trinajstić information content (AvgIpc) is 2.16. The van der Waals surface area contributed by atoms with Gasteiger partial charge in [-0.05, 0) is 17.7 Å². The van der Waals surface area contributed by atoms with Crippen molar-refractivity contribution in [2.75, 3.05) is 0 Å². The van der Waals surface area contributed by atoms with Crippen LogP contribution in [0.1, 0.15) is 0 Å². The van der Waals surface area contributed by atoms with E-state index in [4.69, 9.17) is 16.7 Å². The first-order valence-corrected chi connectivity index (χ1v) is 4.32. The van der Waals surface area contributed by atoms with Crippen LogP contribution in [0.25, 0.3) is 11.5 Å². The molecule has 0 unspecified atom stereocenters. The van der Waals surface area contributed by atoms with Crippen LogP contribution in [0.2, 0.25) is 5.28 Å². The zero-order valence-corrected chi connectivity index (χ0v) is 8.06. The van der Waals surface area contributed by atoms with Crippen molar-refractivity contribution in [1.82, 2.24) is 19.9 Å². The summed E-state index contributed by atoms with van der Waals surface area (Å²) in [5.41, 5.74) is -0.129. The van der Waals surface area contributed by atoms with E-state index in [0.29, 0.717) is 5.69 Å². The van der Waals surface area contributed by atoms with E-state index in [1.165, 1.54) is 12.3 Å². The standard InChI is InChI=1S/C8H5ClN4O2/c9-8-10-2-1-4(11-8)7-12-5(14)3-6(15)13-7/h1-3H,(H2,12,13,14,15). The van der Waals surface area contributed by atoms with E-state index in [1.54, 1.807) is 0 Å². The van der Waals surface area contributed by atoms with Gasteiger partial charge in [-0.15, -0.1) is 0 Å². The second kappa shape index (κ2) is 3.66. The van der Waals surface area contributed by atoms with Gasteiger partial charge in [0.1, 0.15) is 5.69 Å². The number of H-pyrrole nitrogens is 1. The Morgan fingerprint density at radius 1 is 1.40 bits per heavy atom. The first-order chi connectivity index (χ1) is 7.15. The molecule has 0 saturated carbocycles. The minimum atomic E-state index is -0.466. The molecule has 0 amide bonds. The summed E-state index contributed by atoms with van der Waals surface area (Å²) in [7, 11) is 0. The maximum Gasteiger partial charge on any atom is 0.255 e. The van der Waals surface area contributed by atoms with Crippen LogP contribution in [0.3, 0.4) is 0 Å². The van der Waals surface area contributed by atoms with Crippen LogP contribution in [-0.2, 0) is 0 Å². The number of nitrogens with one attached hydrogen (secondary N) is 1. The molecule has 0 aliphatic carbocycles. The molecule has 0 bridgehead atoms. The molecule has 0 aliphatic rings. The maximum absolute atomic E-state index is 11.0. The third-order valence-corrected chi connectivity index (χ3v) is 1.78. The van der Waals surface area contributed by atoms with Gasteiger partial charge in [0.2, 0.25) is 11.2 Å². The van der Waals surface area contributed by atoms with Crippen LogP contribution in [0.4, 0.5) is 0 Å². The lowest BCUT2D eigenvalue weighted by Crippen LogP contribution is -2.07. The van der Waals surface area contributed by atoms with Crippen molar-refractivity contribution >= 4 is 11.6 Å². The van der Waals surface area contributed by atoms with Gasteiger partial charge in [-0.2, -0.15) is 4.98 Å². The summed E-state index contributed by atoms with van der Waals surface area (Å²) in [5, 5.41) is 9.16. The van der Waals surface area contributed by atoms with Crippen molar-refractivity contribution in [3.05, 3.63) is 34.0 Å². The van der Waals surface area contributed by atoms with E-state index < -0.39 is 5.56 Å². The molecule has 0 aromatic carbocycles. The molecule has 0 atom stereocenters. The SMILES string of the molecule is O=c1cc(O)nc(-c2ccnc(Cl)n2)[nH]1. The number of aromatic amines is 1. The topological polar surface area (TPSA) is 91.8 Å². The van der Waals surface area contributed by atoms with Crippen LogP contribution in [0.15, 0.2) is 23.1 Å². The van der Waals surface area contributed by atoms with Crippen molar-refractivity contribution in [1.29, 1.82) is 0 Å². The second-order valence-corrected chi connectivity index (χ2v) is 3.00. The van der Waals surface area contributed by atoms with Gasteiger partial charge in [0.15, 0.2) is 5.82 Å². The van der Waals surface area contributed by atoms with Gasteiger partial charge < -0.3 is 10.1 Å². The smallest absolute Gasteiger partial charge is 0.255 e. The molecular weight excluding hydrogens is 220 g/mol. The zero-order chi connectivity index (χ0) is 10.8. The van der Waals surface area contributed by atoms with E-state index >= 15 is 0 Å². The number of rotatable bonds is 1. The molecule has 2 aromatic heterocycles. The molecule has 2 aromatic rings. The van der Waals surface area contributed by atoms with Crippen LogP contribution >= 0.6 is 11.6 Å². The minimum Gasteiger partial charge on any atom is -0.493 e. The number of nitrogens with zero attached hydrogens (tertiary/aromatic N) is 3. The Hall–Kier alpha value is -1.95. The lowest BCUT2D eigenvalue weighted by molar-refractivity contribution is 0.452. The summed E-state index contributed by atoms with van der Waals surface area (Å²) < 4.78 is 0. The molecule has 0 radical (unpaired) electrons. The quantitative estimate of drug-likeness (QED) is 0.692. The second-order valence-electron chi connectivity index (χ2n) is 2.66. The average molecular weight is 225 g/mol. The molecule has 0 fully saturated rings. The lowest BCUT2D eigenvalue weighted by atomic mass is 10.4. The van der Waals surface area contributed by atoms with Crippen LogP contribution in [0, 0.1) is 0 Å². The first-order valence-electron chi connectivity index (χ1n) is 3.94. The number of hydrogen-bond donors (Lipinski definition) is 2. The molecule has 2 N–H and O–H groups in total. The summed E-state index contributed by atoms with van der Waals surface area (Å²) in [4.78, 5) is 24.7. The highest BCUT2D eigenvalue weighted by molar-refractivity contribution is 6.28. The summed E-state index contributed by atoms with van der Waals surface area (Å²) in [6, 6.07) is 2.48. The Balaban J connectivity index is 2.59. The predicted octanol–water partition coefficient (Wildman–Crippen LogP) is 0.586. The van der Waals surface area contributed by atoms with E-state index in [9.17, 15) is 4.79 Å². The Kier molecular flexibility index (Phi) is 2.34. The fourth-order valence-electron chi connectivity index (χ4n) is 1.03. The third kappa shape index (κ3) is 2.10. The van der Waals surface area contributed by atoms with Gasteiger partial charge in [-0.25, -0.2) is 9.97 Å². The predicted molar refractivity (Wildman–Crippen MR) is 52.6 cm³/mol. The van der Waals surface area contributed by atoms with Crippen LogP contribution in [0.5, 0.6) is 5.88 Å². The summed E-state index contributed by atoms with van der Waals surface area (Å²) in [6.07, 6.45) is 1.43. The summed E-state index contributed by atoms with van der Waals surface area (Å²) in [6.45, 7) is 0. The molecule has 7 heteroatoms. The molecule has 76 valence electrons. The largest absolute Gasteiger partial charge is 0.493 e. The van der Waals surface area contributed by atoms with Crippen molar-refractivity contribution in [3.63, 3.8) is 0 Å². The fraction of sp³-hybridized carbons (Fsp3) is 0. The van der Waals surface area contributed by atoms with E-state index in [1.807, 2.05) is 0 Å². The van der Waals surface area contributed by atoms with Gasteiger partial charge in [0.05, 0.1) is 6.07 Å². The lowest BCUT2D eigenvalue weighted by Gasteiger charge is -1.99. The molecule has 2 heterocycles. The fourth-order valence-corrected chi connectivity index (χ4v) is 1.18. The Morgan fingerprint density at radius 3 is 2.87 bits per heavy atom. The van der Waals surface area contributed by atoms with Gasteiger partial charge in [-0.1, -0.05) is 0 Å². The summed E-state index contributed by atoms with van der Waals surface area (Å²) >= 11 is 5.57. The molecule has 0 aliphatic heterocycles. The maximum atomic E-state index is 11.0. The van der Waals surface area contributed by atoms with E-state index in [0.717, 1.165) is 6.07 Å². The van der Waals surface area contributed by atoms with E-state index in [2.05, 4.69) is 19.9 Å². The molecular formula is C8H5ClN4O2. The molecule has 0 spiro atoms. The van der Waals surface area contributed by atoms with Crippen LogP contribution < -0.4 is 5.56 Å². The minimum absolute atomic E-state index is 0.0403. The van der Waals surface area contributed by atoms with Crippen LogP contribution in [-0.4, -0.2) is 25.0 Å². The molecule has 15 heavy (non-hydrogen) atoms. The summed E-state index contributed by atoms with van der Waals surface area (Å²) in [5.74, 6) is -0.229. The Morgan fingerprint density at radius 2 is 2.20 bits per heavy atom. The van der Waals surface area contributed by atoms with Gasteiger partial charge in [0, 0.05) is 6.20 Å². The normalized spacial score (nSPS) is 10.2. The number of halogens is 1. The van der Waals surface area contributed by atoms with E-state index in [-0.39, 0.29) is 17.0 Å². The molecule has 2 rings (SSSR count). The highest BCUT2D eigenvalue weighted by Gasteiger charge is 2.05. The van der Waals surface area contributed by atoms with Crippen molar-refractivity contribution in [2.45, 2.75) is 0 Å². The number of aromatic nitrogens is 4. The van der Waals surface area contributed by atoms with Gasteiger partial charge in [-0.3, -0.25) is 4.79 Å². The van der Waals surface area contributed by atoms with Crippen molar-refractivity contribution < 1.29 is 5.11 Å². The Bertz CT molecular complexity index is 554. The molecule has 6 nitrogen and oxygen atoms in total. The molecule has 0 saturated heterocycles. The highest BCUT2D eigenvalue weighted by Crippen LogP contribution is 2.13. The Labute approximate surface area is 88.6 Å². The van der Waals surface area contributed by atoms with Crippen molar-refractivity contribution in [2.24, 2.45) is 0 Å². The van der Waals surface area contributed by atoms with Gasteiger partial charge in [0.25, 0.3) is 5.56 Å². The monoisotopic (exact) mass is 224 g/mol. The van der Waals surface area contributed by atoms with Crippen molar-refractivity contribution in [3.8, 4) is 17.4 Å². The third-order valence-electron chi connectivity index (χ3n) is 1.60. The highest BCUT2D eigenvalue weighted by atomic mass is 35.5. The van der Waals surface area contributed by atoms with Gasteiger partial charge >= 0.3 is 0 Å². The number of aromatic hydroxyl groups is 1. The first kappa shape index (κ1) is 9.60. The zero-order valence-electron chi connectivity index (χ0n) is 7.31. The number of hydrogen-bond acceptors (Lipinski definition) is 5.